The first kappa shape index (κ1) is 24.5. The maximum atomic E-state index is 12.9. The highest BCUT2D eigenvalue weighted by molar-refractivity contribution is 6.39. The molecular formula is C29H24N4O5. The van der Waals surface area contributed by atoms with Crippen molar-refractivity contribution in [2.45, 2.75) is 12.0 Å². The van der Waals surface area contributed by atoms with E-state index in [4.69, 9.17) is 13.9 Å². The standard InChI is InChI=1S/C29H24N4O5/c1-36-26-17-20(14-15-24(26)38-28(35)25-13-8-16-37-25)19-30-32-27(34)23-18-29(33-31-23,21-9-4-2-5-10-21)22-11-6-3-7-12-22/h2-17,19,33H,18H2,1H3,(H,32,34). The summed E-state index contributed by atoms with van der Waals surface area (Å²) >= 11 is 0. The number of benzene rings is 3. The van der Waals surface area contributed by atoms with E-state index in [0.717, 1.165) is 11.1 Å². The summed E-state index contributed by atoms with van der Waals surface area (Å²) in [5, 5.41) is 8.43. The first-order chi connectivity index (χ1) is 18.6. The summed E-state index contributed by atoms with van der Waals surface area (Å²) in [5.41, 5.74) is 8.03. The molecule has 1 aliphatic heterocycles. The topological polar surface area (TPSA) is 115 Å². The number of methoxy groups -OCH3 is 1. The molecule has 0 atom stereocenters. The molecular weight excluding hydrogens is 484 g/mol. The number of hydrazone groups is 2. The number of nitrogens with zero attached hydrogens (tertiary/aromatic N) is 2. The van der Waals surface area contributed by atoms with Crippen molar-refractivity contribution in [1.82, 2.24) is 10.9 Å². The van der Waals surface area contributed by atoms with Gasteiger partial charge in [0.15, 0.2) is 11.5 Å². The van der Waals surface area contributed by atoms with Gasteiger partial charge in [0.25, 0.3) is 5.91 Å². The van der Waals surface area contributed by atoms with Crippen molar-refractivity contribution in [3.8, 4) is 11.5 Å². The van der Waals surface area contributed by atoms with Gasteiger partial charge in [-0.2, -0.15) is 10.2 Å². The van der Waals surface area contributed by atoms with E-state index in [1.54, 1.807) is 24.3 Å². The van der Waals surface area contributed by atoms with Crippen LogP contribution in [0.15, 0.2) is 112 Å². The van der Waals surface area contributed by atoms with Crippen LogP contribution in [0.4, 0.5) is 0 Å². The molecule has 1 amide bonds. The average molecular weight is 509 g/mol. The fraction of sp³-hybridized carbons (Fsp3) is 0.103. The number of nitrogens with one attached hydrogen (secondary N) is 2. The second-order valence-electron chi connectivity index (χ2n) is 8.46. The van der Waals surface area contributed by atoms with Crippen molar-refractivity contribution in [2.75, 3.05) is 7.11 Å². The number of rotatable bonds is 8. The molecule has 9 nitrogen and oxygen atoms in total. The smallest absolute Gasteiger partial charge is 0.379 e. The van der Waals surface area contributed by atoms with Crippen LogP contribution in [0, 0.1) is 0 Å². The van der Waals surface area contributed by atoms with Crippen molar-refractivity contribution in [3.63, 3.8) is 0 Å². The van der Waals surface area contributed by atoms with E-state index in [1.807, 2.05) is 60.7 Å². The molecule has 0 saturated heterocycles. The van der Waals surface area contributed by atoms with E-state index in [1.165, 1.54) is 25.7 Å². The minimum absolute atomic E-state index is 0.0771. The van der Waals surface area contributed by atoms with Crippen LogP contribution in [0.3, 0.4) is 0 Å². The van der Waals surface area contributed by atoms with E-state index in [0.29, 0.717) is 23.4 Å². The third-order valence-corrected chi connectivity index (χ3v) is 6.10. The van der Waals surface area contributed by atoms with Crippen molar-refractivity contribution < 1.29 is 23.5 Å². The zero-order valence-electron chi connectivity index (χ0n) is 20.5. The number of carbonyl (C=O) groups excluding carboxylic acids is 2. The average Bonchev–Trinajstić information content (AvgIpc) is 3.67. The first-order valence-corrected chi connectivity index (χ1v) is 11.8. The molecule has 1 aromatic heterocycles. The van der Waals surface area contributed by atoms with Crippen molar-refractivity contribution in [1.29, 1.82) is 0 Å². The lowest BCUT2D eigenvalue weighted by atomic mass is 9.80. The molecule has 0 saturated carbocycles. The second kappa shape index (κ2) is 10.8. The van der Waals surface area contributed by atoms with Gasteiger partial charge in [0.05, 0.1) is 19.6 Å². The normalized spacial score (nSPS) is 14.0. The molecule has 0 radical (unpaired) electrons. The highest BCUT2D eigenvalue weighted by Gasteiger charge is 2.41. The second-order valence-corrected chi connectivity index (χ2v) is 8.46. The van der Waals surface area contributed by atoms with Gasteiger partial charge in [0.2, 0.25) is 5.76 Å². The van der Waals surface area contributed by atoms with Crippen molar-refractivity contribution in [2.24, 2.45) is 10.2 Å². The molecule has 2 N–H and O–H groups in total. The van der Waals surface area contributed by atoms with Crippen LogP contribution in [0.25, 0.3) is 0 Å². The highest BCUT2D eigenvalue weighted by atomic mass is 16.6. The van der Waals surface area contributed by atoms with E-state index in [2.05, 4.69) is 21.1 Å². The Morgan fingerprint density at radius 2 is 1.68 bits per heavy atom. The van der Waals surface area contributed by atoms with Gasteiger partial charge < -0.3 is 13.9 Å². The molecule has 0 fully saturated rings. The Balaban J connectivity index is 1.26. The largest absolute Gasteiger partial charge is 0.493 e. The van der Waals surface area contributed by atoms with Gasteiger partial charge >= 0.3 is 5.97 Å². The van der Waals surface area contributed by atoms with Gasteiger partial charge in [-0.1, -0.05) is 60.7 Å². The van der Waals surface area contributed by atoms with Crippen LogP contribution in [-0.4, -0.2) is 30.9 Å². The van der Waals surface area contributed by atoms with E-state index >= 15 is 0 Å². The summed E-state index contributed by atoms with van der Waals surface area (Å²) in [6.45, 7) is 0. The Labute approximate surface area is 218 Å². The SMILES string of the molecule is COc1cc(C=NNC(=O)C2=NNC(c3ccccc3)(c3ccccc3)C2)ccc1OC(=O)c1ccco1. The van der Waals surface area contributed by atoms with E-state index in [-0.39, 0.29) is 11.5 Å². The number of carbonyl (C=O) groups is 2. The van der Waals surface area contributed by atoms with Crippen LogP contribution in [0.5, 0.6) is 11.5 Å². The van der Waals surface area contributed by atoms with Gasteiger partial charge in [-0.15, -0.1) is 0 Å². The number of hydrogen-bond acceptors (Lipinski definition) is 8. The number of ether oxygens (including phenoxy) is 2. The van der Waals surface area contributed by atoms with E-state index in [9.17, 15) is 9.59 Å². The molecule has 190 valence electrons. The summed E-state index contributed by atoms with van der Waals surface area (Å²) in [5.74, 6) is -0.443. The first-order valence-electron chi connectivity index (χ1n) is 11.8. The predicted octanol–water partition coefficient (Wildman–Crippen LogP) is 4.25. The Hall–Kier alpha value is -5.18. The van der Waals surface area contributed by atoms with Crippen LogP contribution in [0.2, 0.25) is 0 Å². The van der Waals surface area contributed by atoms with Crippen LogP contribution in [0.1, 0.15) is 33.7 Å². The zero-order valence-corrected chi connectivity index (χ0v) is 20.5. The Bertz CT molecular complexity index is 1440. The molecule has 1 aliphatic rings. The summed E-state index contributed by atoms with van der Waals surface area (Å²) < 4.78 is 15.7. The van der Waals surface area contributed by atoms with E-state index < -0.39 is 17.4 Å². The fourth-order valence-corrected chi connectivity index (χ4v) is 4.19. The maximum Gasteiger partial charge on any atom is 0.379 e. The third-order valence-electron chi connectivity index (χ3n) is 6.10. The number of amides is 1. The molecule has 5 rings (SSSR count). The van der Waals surface area contributed by atoms with Crippen molar-refractivity contribution in [3.05, 3.63) is 120 Å². The predicted molar refractivity (Wildman–Crippen MR) is 141 cm³/mol. The monoisotopic (exact) mass is 508 g/mol. The molecule has 4 aromatic rings. The van der Waals surface area contributed by atoms with Gasteiger partial charge in [0.1, 0.15) is 11.3 Å². The van der Waals surface area contributed by atoms with Gasteiger partial charge in [-0.25, -0.2) is 10.2 Å². The molecule has 0 bridgehead atoms. The molecule has 38 heavy (non-hydrogen) atoms. The Kier molecular flexibility index (Phi) is 6.99. The zero-order chi connectivity index (χ0) is 26.4. The van der Waals surface area contributed by atoms with Gasteiger partial charge in [-0.05, 0) is 47.0 Å². The lowest BCUT2D eigenvalue weighted by Gasteiger charge is -2.30. The minimum Gasteiger partial charge on any atom is -0.493 e. The summed E-state index contributed by atoms with van der Waals surface area (Å²) in [4.78, 5) is 25.1. The van der Waals surface area contributed by atoms with Crippen LogP contribution >= 0.6 is 0 Å². The molecule has 9 heteroatoms. The summed E-state index contributed by atoms with van der Waals surface area (Å²) in [7, 11) is 1.46. The van der Waals surface area contributed by atoms with Crippen LogP contribution < -0.4 is 20.3 Å². The minimum atomic E-state index is -0.658. The molecule has 3 aromatic carbocycles. The summed E-state index contributed by atoms with van der Waals surface area (Å²) in [6, 6.07) is 27.8. The molecule has 0 spiro atoms. The Morgan fingerprint density at radius 1 is 0.974 bits per heavy atom. The van der Waals surface area contributed by atoms with Crippen LogP contribution in [-0.2, 0) is 10.3 Å². The third kappa shape index (κ3) is 5.03. The lowest BCUT2D eigenvalue weighted by Crippen LogP contribution is -2.38. The molecule has 0 unspecified atom stereocenters. The number of esters is 1. The molecule has 0 aliphatic carbocycles. The maximum absolute atomic E-state index is 12.9. The quantitative estimate of drug-likeness (QED) is 0.159. The van der Waals surface area contributed by atoms with Gasteiger partial charge in [-0.3, -0.25) is 10.2 Å². The molecule has 2 heterocycles. The number of hydrogen-bond donors (Lipinski definition) is 2. The number of furan rings is 1. The highest BCUT2D eigenvalue weighted by Crippen LogP contribution is 2.36. The van der Waals surface area contributed by atoms with Gasteiger partial charge in [0, 0.05) is 6.42 Å². The Morgan fingerprint density at radius 3 is 2.32 bits per heavy atom. The van der Waals surface area contributed by atoms with Crippen molar-refractivity contribution >= 4 is 23.8 Å². The fourth-order valence-electron chi connectivity index (χ4n) is 4.19. The lowest BCUT2D eigenvalue weighted by molar-refractivity contribution is -0.114. The summed E-state index contributed by atoms with van der Waals surface area (Å²) in [6.07, 6.45) is 3.20.